The first-order chi connectivity index (χ1) is 12.0. The molecule has 0 aliphatic rings. The zero-order valence-corrected chi connectivity index (χ0v) is 14.7. The summed E-state index contributed by atoms with van der Waals surface area (Å²) < 4.78 is 5.67. The molecular weight excluding hydrogens is 342 g/mol. The van der Waals surface area contributed by atoms with Crippen LogP contribution in [-0.2, 0) is 11.2 Å². The van der Waals surface area contributed by atoms with E-state index in [4.69, 9.17) is 21.4 Å². The fourth-order valence-corrected chi connectivity index (χ4v) is 2.48. The van der Waals surface area contributed by atoms with Crippen LogP contribution in [0.5, 0.6) is 5.75 Å². The highest BCUT2D eigenvalue weighted by Gasteiger charge is 2.14. The van der Waals surface area contributed by atoms with Crippen molar-refractivity contribution in [3.63, 3.8) is 0 Å². The Labute approximate surface area is 151 Å². The van der Waals surface area contributed by atoms with Crippen molar-refractivity contribution in [2.45, 2.75) is 26.2 Å². The Balaban J connectivity index is 2.25. The van der Waals surface area contributed by atoms with Crippen LogP contribution in [0.15, 0.2) is 42.5 Å². The van der Waals surface area contributed by atoms with Crippen molar-refractivity contribution in [3.05, 3.63) is 58.6 Å². The van der Waals surface area contributed by atoms with Crippen LogP contribution in [0.1, 0.15) is 35.7 Å². The van der Waals surface area contributed by atoms with Gasteiger partial charge in [-0.25, -0.2) is 0 Å². The number of amides is 1. The smallest absolute Gasteiger partial charge is 0.303 e. The van der Waals surface area contributed by atoms with Gasteiger partial charge in [-0.05, 0) is 42.7 Å². The van der Waals surface area contributed by atoms with Gasteiger partial charge < -0.3 is 15.2 Å². The van der Waals surface area contributed by atoms with Crippen molar-refractivity contribution in [1.82, 2.24) is 0 Å². The number of carbonyl (C=O) groups is 2. The molecule has 0 bridgehead atoms. The summed E-state index contributed by atoms with van der Waals surface area (Å²) in [6, 6.07) is 12.1. The number of nitrogens with one attached hydrogen (secondary N) is 1. The SMILES string of the molecule is CCCOc1ccc(CCC(=O)O)cc1NC(=O)c1ccccc1Cl. The minimum atomic E-state index is -0.868. The highest BCUT2D eigenvalue weighted by Crippen LogP contribution is 2.28. The van der Waals surface area contributed by atoms with Gasteiger partial charge in [-0.1, -0.05) is 36.7 Å². The second kappa shape index (κ2) is 9.08. The first-order valence-corrected chi connectivity index (χ1v) is 8.42. The van der Waals surface area contributed by atoms with E-state index in [-0.39, 0.29) is 12.3 Å². The predicted molar refractivity (Wildman–Crippen MR) is 97.6 cm³/mol. The highest BCUT2D eigenvalue weighted by molar-refractivity contribution is 6.34. The number of rotatable bonds is 8. The number of carbonyl (C=O) groups excluding carboxylic acids is 1. The Morgan fingerprint density at radius 2 is 1.96 bits per heavy atom. The largest absolute Gasteiger partial charge is 0.491 e. The lowest BCUT2D eigenvalue weighted by Crippen LogP contribution is -2.14. The topological polar surface area (TPSA) is 75.6 Å². The van der Waals surface area contributed by atoms with Gasteiger partial charge in [-0.2, -0.15) is 0 Å². The molecule has 0 heterocycles. The van der Waals surface area contributed by atoms with Crippen molar-refractivity contribution in [1.29, 1.82) is 0 Å². The first kappa shape index (κ1) is 18.8. The van der Waals surface area contributed by atoms with Crippen LogP contribution in [-0.4, -0.2) is 23.6 Å². The van der Waals surface area contributed by atoms with Crippen molar-refractivity contribution in [2.75, 3.05) is 11.9 Å². The average molecular weight is 362 g/mol. The summed E-state index contributed by atoms with van der Waals surface area (Å²) in [5.74, 6) is -0.670. The second-order valence-electron chi connectivity index (χ2n) is 5.51. The number of carboxylic acid groups (broad SMARTS) is 1. The molecule has 2 rings (SSSR count). The molecule has 0 aromatic heterocycles. The summed E-state index contributed by atoms with van der Waals surface area (Å²) in [5, 5.41) is 12.0. The molecule has 1 amide bonds. The number of aryl methyl sites for hydroxylation is 1. The van der Waals surface area contributed by atoms with Crippen LogP contribution in [0.2, 0.25) is 5.02 Å². The van der Waals surface area contributed by atoms with Crippen molar-refractivity contribution in [2.24, 2.45) is 0 Å². The maximum Gasteiger partial charge on any atom is 0.303 e. The number of hydrogen-bond donors (Lipinski definition) is 2. The second-order valence-corrected chi connectivity index (χ2v) is 5.91. The van der Waals surface area contributed by atoms with Gasteiger partial charge in [0.05, 0.1) is 22.9 Å². The van der Waals surface area contributed by atoms with Gasteiger partial charge in [0.2, 0.25) is 0 Å². The monoisotopic (exact) mass is 361 g/mol. The van der Waals surface area contributed by atoms with Crippen LogP contribution >= 0.6 is 11.6 Å². The molecule has 132 valence electrons. The number of ether oxygens (including phenoxy) is 1. The van der Waals surface area contributed by atoms with Gasteiger partial charge >= 0.3 is 5.97 Å². The summed E-state index contributed by atoms with van der Waals surface area (Å²) in [5.41, 5.74) is 1.67. The molecule has 0 unspecified atom stereocenters. The van der Waals surface area contributed by atoms with E-state index < -0.39 is 5.97 Å². The third-order valence-corrected chi connectivity index (χ3v) is 3.83. The van der Waals surface area contributed by atoms with Crippen LogP contribution in [0.3, 0.4) is 0 Å². The normalized spacial score (nSPS) is 10.3. The van der Waals surface area contributed by atoms with Crippen LogP contribution < -0.4 is 10.1 Å². The van der Waals surface area contributed by atoms with Gasteiger partial charge in [0.1, 0.15) is 5.75 Å². The zero-order valence-electron chi connectivity index (χ0n) is 13.9. The third-order valence-electron chi connectivity index (χ3n) is 3.50. The summed E-state index contributed by atoms with van der Waals surface area (Å²) >= 11 is 6.07. The number of carboxylic acids is 1. The highest BCUT2D eigenvalue weighted by atomic mass is 35.5. The molecule has 0 saturated heterocycles. The molecule has 5 nitrogen and oxygen atoms in total. The maximum absolute atomic E-state index is 12.5. The third kappa shape index (κ3) is 5.50. The number of hydrogen-bond acceptors (Lipinski definition) is 3. The molecule has 25 heavy (non-hydrogen) atoms. The van der Waals surface area contributed by atoms with Crippen LogP contribution in [0.4, 0.5) is 5.69 Å². The van der Waals surface area contributed by atoms with E-state index in [0.29, 0.717) is 35.1 Å². The fraction of sp³-hybridized carbons (Fsp3) is 0.263. The quantitative estimate of drug-likeness (QED) is 0.730. The fourth-order valence-electron chi connectivity index (χ4n) is 2.25. The van der Waals surface area contributed by atoms with E-state index in [9.17, 15) is 9.59 Å². The zero-order chi connectivity index (χ0) is 18.2. The van der Waals surface area contributed by atoms with Crippen LogP contribution in [0, 0.1) is 0 Å². The van der Waals surface area contributed by atoms with Gasteiger partial charge in [0.15, 0.2) is 0 Å². The Morgan fingerprint density at radius 3 is 2.64 bits per heavy atom. The Bertz CT molecular complexity index is 761. The van der Waals surface area contributed by atoms with Gasteiger partial charge in [-0.3, -0.25) is 9.59 Å². The number of halogens is 1. The van der Waals surface area contributed by atoms with E-state index in [1.807, 2.05) is 6.92 Å². The molecule has 0 aliphatic carbocycles. The number of benzene rings is 2. The predicted octanol–water partition coefficient (Wildman–Crippen LogP) is 4.40. The van der Waals surface area contributed by atoms with E-state index in [1.165, 1.54) is 0 Å². The number of anilines is 1. The van der Waals surface area contributed by atoms with Crippen molar-refractivity contribution < 1.29 is 19.4 Å². The van der Waals surface area contributed by atoms with Gasteiger partial charge in [0, 0.05) is 6.42 Å². The molecule has 2 aromatic rings. The lowest BCUT2D eigenvalue weighted by molar-refractivity contribution is -0.136. The molecule has 0 saturated carbocycles. The standard InChI is InChI=1S/C19H20ClNO4/c1-2-11-25-17-9-7-13(8-10-18(22)23)12-16(17)21-19(24)14-5-3-4-6-15(14)20/h3-7,9,12H,2,8,10-11H2,1H3,(H,21,24)(H,22,23). The summed E-state index contributed by atoms with van der Waals surface area (Å²) in [7, 11) is 0. The minimum Gasteiger partial charge on any atom is -0.491 e. The van der Waals surface area contributed by atoms with Crippen LogP contribution in [0.25, 0.3) is 0 Å². The Hall–Kier alpha value is -2.53. The van der Waals surface area contributed by atoms with E-state index in [2.05, 4.69) is 5.32 Å². The molecule has 0 atom stereocenters. The van der Waals surface area contributed by atoms with E-state index in [0.717, 1.165) is 12.0 Å². The van der Waals surface area contributed by atoms with Gasteiger partial charge in [-0.15, -0.1) is 0 Å². The van der Waals surface area contributed by atoms with E-state index >= 15 is 0 Å². The molecule has 0 aliphatic heterocycles. The maximum atomic E-state index is 12.5. The summed E-state index contributed by atoms with van der Waals surface area (Å²) in [4.78, 5) is 23.3. The molecule has 2 aromatic carbocycles. The van der Waals surface area contributed by atoms with Gasteiger partial charge in [0.25, 0.3) is 5.91 Å². The van der Waals surface area contributed by atoms with E-state index in [1.54, 1.807) is 42.5 Å². The summed E-state index contributed by atoms with van der Waals surface area (Å²) in [6.45, 7) is 2.51. The molecule has 6 heteroatoms. The van der Waals surface area contributed by atoms with Crippen molar-refractivity contribution >= 4 is 29.2 Å². The Morgan fingerprint density at radius 1 is 1.20 bits per heavy atom. The average Bonchev–Trinajstić information content (AvgIpc) is 2.59. The molecular formula is C19H20ClNO4. The lowest BCUT2D eigenvalue weighted by atomic mass is 10.1. The first-order valence-electron chi connectivity index (χ1n) is 8.04. The Kier molecular flexibility index (Phi) is 6.83. The molecule has 0 spiro atoms. The lowest BCUT2D eigenvalue weighted by Gasteiger charge is -2.14. The van der Waals surface area contributed by atoms with Crippen molar-refractivity contribution in [3.8, 4) is 5.75 Å². The summed E-state index contributed by atoms with van der Waals surface area (Å²) in [6.07, 6.45) is 1.23. The number of aliphatic carboxylic acids is 1. The molecule has 0 fully saturated rings. The minimum absolute atomic E-state index is 0.0209. The molecule has 2 N–H and O–H groups in total. The molecule has 0 radical (unpaired) electrons.